The van der Waals surface area contributed by atoms with Crippen molar-refractivity contribution in [3.8, 4) is 0 Å². The number of pyridine rings is 1. The van der Waals surface area contributed by atoms with Crippen LogP contribution in [0, 0.1) is 0 Å². The molecule has 0 radical (unpaired) electrons. The second kappa shape index (κ2) is 4.39. The van der Waals surface area contributed by atoms with Crippen LogP contribution in [-0.4, -0.2) is 30.4 Å². The maximum absolute atomic E-state index is 11.4. The third kappa shape index (κ3) is 2.21. The van der Waals surface area contributed by atoms with Crippen LogP contribution in [0.15, 0.2) is 29.2 Å². The predicted molar refractivity (Wildman–Crippen MR) is 53.3 cm³/mol. The highest BCUT2D eigenvalue weighted by atomic mass is 16.5. The number of hydrogen-bond donors (Lipinski definition) is 1. The molecule has 4 heteroatoms. The average Bonchev–Trinajstić information content (AvgIpc) is 2.23. The molecule has 0 aromatic carbocycles. The van der Waals surface area contributed by atoms with Crippen molar-refractivity contribution >= 4 is 0 Å². The van der Waals surface area contributed by atoms with E-state index in [9.17, 15) is 4.79 Å². The van der Waals surface area contributed by atoms with Gasteiger partial charge in [0.05, 0.1) is 19.3 Å². The Bertz CT molecular complexity index is 342. The minimum absolute atomic E-state index is 0.0293. The van der Waals surface area contributed by atoms with Crippen LogP contribution in [0.1, 0.15) is 0 Å². The largest absolute Gasteiger partial charge is 0.374 e. The summed E-state index contributed by atoms with van der Waals surface area (Å²) < 4.78 is 7.19. The van der Waals surface area contributed by atoms with Gasteiger partial charge in [-0.15, -0.1) is 0 Å². The fourth-order valence-electron chi connectivity index (χ4n) is 1.57. The van der Waals surface area contributed by atoms with E-state index in [1.807, 2.05) is 6.07 Å². The molecule has 0 saturated carbocycles. The lowest BCUT2D eigenvalue weighted by Crippen LogP contribution is -2.42. The number of ether oxygens (including phenoxy) is 1. The van der Waals surface area contributed by atoms with Gasteiger partial charge in [0.25, 0.3) is 5.56 Å². The fraction of sp³-hybridized carbons (Fsp3) is 0.500. The maximum Gasteiger partial charge on any atom is 0.250 e. The number of aromatic nitrogens is 1. The minimum Gasteiger partial charge on any atom is -0.374 e. The molecule has 0 aliphatic carbocycles. The van der Waals surface area contributed by atoms with Crippen LogP contribution in [0.2, 0.25) is 0 Å². The SMILES string of the molecule is O=c1ccccn1CC1CNCCO1. The van der Waals surface area contributed by atoms with Crippen molar-refractivity contribution in [1.82, 2.24) is 9.88 Å². The summed E-state index contributed by atoms with van der Waals surface area (Å²) in [7, 11) is 0. The lowest BCUT2D eigenvalue weighted by molar-refractivity contribution is 0.0176. The standard InChI is InChI=1S/C10H14N2O2/c13-10-3-1-2-5-12(10)8-9-7-11-4-6-14-9/h1-3,5,9,11H,4,6-8H2. The summed E-state index contributed by atoms with van der Waals surface area (Å²) >= 11 is 0. The van der Waals surface area contributed by atoms with Crippen molar-refractivity contribution in [2.24, 2.45) is 0 Å². The molecule has 76 valence electrons. The van der Waals surface area contributed by atoms with Crippen LogP contribution >= 0.6 is 0 Å². The first kappa shape index (κ1) is 9.43. The van der Waals surface area contributed by atoms with Crippen LogP contribution < -0.4 is 10.9 Å². The highest BCUT2D eigenvalue weighted by Crippen LogP contribution is 1.98. The van der Waals surface area contributed by atoms with Crippen molar-refractivity contribution < 1.29 is 4.74 Å². The van der Waals surface area contributed by atoms with Gasteiger partial charge < -0.3 is 14.6 Å². The van der Waals surface area contributed by atoms with E-state index >= 15 is 0 Å². The van der Waals surface area contributed by atoms with Crippen molar-refractivity contribution in [3.63, 3.8) is 0 Å². The molecule has 0 amide bonds. The Morgan fingerprint density at radius 1 is 1.57 bits per heavy atom. The smallest absolute Gasteiger partial charge is 0.250 e. The van der Waals surface area contributed by atoms with E-state index in [1.165, 1.54) is 0 Å². The molecule has 1 N–H and O–H groups in total. The summed E-state index contributed by atoms with van der Waals surface area (Å²) in [5.41, 5.74) is 0.0293. The zero-order chi connectivity index (χ0) is 9.80. The highest BCUT2D eigenvalue weighted by Gasteiger charge is 2.13. The minimum atomic E-state index is 0.0293. The molecule has 2 heterocycles. The quantitative estimate of drug-likeness (QED) is 0.711. The van der Waals surface area contributed by atoms with Crippen molar-refractivity contribution in [3.05, 3.63) is 34.7 Å². The van der Waals surface area contributed by atoms with E-state index in [0.717, 1.165) is 19.7 Å². The van der Waals surface area contributed by atoms with Gasteiger partial charge in [-0.3, -0.25) is 4.79 Å². The van der Waals surface area contributed by atoms with Crippen LogP contribution in [-0.2, 0) is 11.3 Å². The molecule has 1 aromatic rings. The number of rotatable bonds is 2. The molecule has 1 aromatic heterocycles. The summed E-state index contributed by atoms with van der Waals surface area (Å²) in [4.78, 5) is 11.4. The molecule has 0 spiro atoms. The lowest BCUT2D eigenvalue weighted by Gasteiger charge is -2.24. The highest BCUT2D eigenvalue weighted by molar-refractivity contribution is 4.93. The number of nitrogens with one attached hydrogen (secondary N) is 1. The van der Waals surface area contributed by atoms with Crippen LogP contribution in [0.3, 0.4) is 0 Å². The number of hydrogen-bond acceptors (Lipinski definition) is 3. The molecule has 1 fully saturated rings. The van der Waals surface area contributed by atoms with Gasteiger partial charge >= 0.3 is 0 Å². The summed E-state index contributed by atoms with van der Waals surface area (Å²) in [6, 6.07) is 5.17. The van der Waals surface area contributed by atoms with Gasteiger partial charge in [-0.2, -0.15) is 0 Å². The van der Waals surface area contributed by atoms with Gasteiger partial charge in [0.15, 0.2) is 0 Å². The summed E-state index contributed by atoms with van der Waals surface area (Å²) in [5, 5.41) is 3.23. The van der Waals surface area contributed by atoms with Crippen LogP contribution in [0.4, 0.5) is 0 Å². The first-order valence-corrected chi connectivity index (χ1v) is 4.84. The zero-order valence-corrected chi connectivity index (χ0v) is 7.98. The maximum atomic E-state index is 11.4. The molecule has 1 aliphatic heterocycles. The van der Waals surface area contributed by atoms with E-state index < -0.39 is 0 Å². The van der Waals surface area contributed by atoms with Gasteiger partial charge in [0, 0.05) is 25.4 Å². The summed E-state index contributed by atoms with van der Waals surface area (Å²) in [6.45, 7) is 3.08. The van der Waals surface area contributed by atoms with Gasteiger partial charge in [-0.05, 0) is 6.07 Å². The summed E-state index contributed by atoms with van der Waals surface area (Å²) in [5.74, 6) is 0. The molecule has 1 unspecified atom stereocenters. The fourth-order valence-corrected chi connectivity index (χ4v) is 1.57. The molecule has 1 saturated heterocycles. The van der Waals surface area contributed by atoms with E-state index in [2.05, 4.69) is 5.32 Å². The Kier molecular flexibility index (Phi) is 2.96. The van der Waals surface area contributed by atoms with Crippen molar-refractivity contribution in [2.45, 2.75) is 12.6 Å². The summed E-state index contributed by atoms with van der Waals surface area (Å²) in [6.07, 6.45) is 1.91. The van der Waals surface area contributed by atoms with Gasteiger partial charge in [0.1, 0.15) is 0 Å². The first-order valence-electron chi connectivity index (χ1n) is 4.84. The molecule has 0 bridgehead atoms. The van der Waals surface area contributed by atoms with Gasteiger partial charge in [0.2, 0.25) is 0 Å². The predicted octanol–water partition coefficient (Wildman–Crippen LogP) is -0.163. The average molecular weight is 194 g/mol. The van der Waals surface area contributed by atoms with Crippen molar-refractivity contribution in [1.29, 1.82) is 0 Å². The monoisotopic (exact) mass is 194 g/mol. The molecular formula is C10H14N2O2. The molecule has 4 nitrogen and oxygen atoms in total. The third-order valence-corrected chi connectivity index (χ3v) is 2.30. The Balaban J connectivity index is 2.03. The number of nitrogens with zero attached hydrogens (tertiary/aromatic N) is 1. The molecule has 1 aliphatic rings. The Morgan fingerprint density at radius 3 is 3.21 bits per heavy atom. The van der Waals surface area contributed by atoms with Crippen molar-refractivity contribution in [2.75, 3.05) is 19.7 Å². The Hall–Kier alpha value is -1.13. The first-order chi connectivity index (χ1) is 6.86. The molecule has 14 heavy (non-hydrogen) atoms. The zero-order valence-electron chi connectivity index (χ0n) is 7.98. The Labute approximate surface area is 82.5 Å². The van der Waals surface area contributed by atoms with E-state index in [-0.39, 0.29) is 11.7 Å². The van der Waals surface area contributed by atoms with Crippen LogP contribution in [0.25, 0.3) is 0 Å². The Morgan fingerprint density at radius 2 is 2.50 bits per heavy atom. The van der Waals surface area contributed by atoms with E-state index in [1.54, 1.807) is 22.9 Å². The van der Waals surface area contributed by atoms with Crippen LogP contribution in [0.5, 0.6) is 0 Å². The van der Waals surface area contributed by atoms with Gasteiger partial charge in [-0.25, -0.2) is 0 Å². The van der Waals surface area contributed by atoms with Gasteiger partial charge in [-0.1, -0.05) is 6.07 Å². The second-order valence-corrected chi connectivity index (χ2v) is 3.39. The molecule has 1 atom stereocenters. The normalized spacial score (nSPS) is 22.1. The van der Waals surface area contributed by atoms with E-state index in [4.69, 9.17) is 4.74 Å². The molecule has 2 rings (SSSR count). The molecular weight excluding hydrogens is 180 g/mol. The second-order valence-electron chi connectivity index (χ2n) is 3.39. The topological polar surface area (TPSA) is 43.3 Å². The number of morpholine rings is 1. The third-order valence-electron chi connectivity index (χ3n) is 2.30. The lowest BCUT2D eigenvalue weighted by atomic mass is 10.3. The van der Waals surface area contributed by atoms with E-state index in [0.29, 0.717) is 6.54 Å².